The lowest BCUT2D eigenvalue weighted by atomic mass is 10.0. The van der Waals surface area contributed by atoms with E-state index in [1.54, 1.807) is 24.3 Å². The van der Waals surface area contributed by atoms with Crippen LogP contribution in [0.5, 0.6) is 0 Å². The number of halogens is 1. The van der Waals surface area contributed by atoms with Crippen molar-refractivity contribution in [2.24, 2.45) is 0 Å². The van der Waals surface area contributed by atoms with Gasteiger partial charge in [0, 0.05) is 27.9 Å². The summed E-state index contributed by atoms with van der Waals surface area (Å²) in [6.45, 7) is 0. The molecule has 6 nitrogen and oxygen atoms in total. The van der Waals surface area contributed by atoms with Gasteiger partial charge >= 0.3 is 5.97 Å². The van der Waals surface area contributed by atoms with Gasteiger partial charge in [-0.25, -0.2) is 4.98 Å². The van der Waals surface area contributed by atoms with Crippen LogP contribution in [0.3, 0.4) is 0 Å². The summed E-state index contributed by atoms with van der Waals surface area (Å²) in [5.41, 5.74) is 3.50. The average Bonchev–Trinajstić information content (AvgIpc) is 3.36. The van der Waals surface area contributed by atoms with E-state index in [4.69, 9.17) is 16.3 Å². The summed E-state index contributed by atoms with van der Waals surface area (Å²) in [5.74, 6) is -0.598. The second-order valence-corrected chi connectivity index (χ2v) is 8.27. The highest BCUT2D eigenvalue weighted by Crippen LogP contribution is 2.24. The molecule has 8 heteroatoms. The number of benzene rings is 2. The predicted molar refractivity (Wildman–Crippen MR) is 121 cm³/mol. The van der Waals surface area contributed by atoms with Crippen molar-refractivity contribution in [1.29, 1.82) is 0 Å². The molecule has 0 radical (unpaired) electrons. The Morgan fingerprint density at radius 2 is 1.90 bits per heavy atom. The van der Waals surface area contributed by atoms with Crippen molar-refractivity contribution in [2.75, 3.05) is 7.11 Å². The van der Waals surface area contributed by atoms with Gasteiger partial charge in [-0.05, 0) is 17.7 Å². The molecule has 158 valence electrons. The fourth-order valence-corrected chi connectivity index (χ4v) is 4.31. The van der Waals surface area contributed by atoms with Crippen LogP contribution >= 0.6 is 22.9 Å². The quantitative estimate of drug-likeness (QED) is 0.412. The first-order valence-electron chi connectivity index (χ1n) is 9.66. The molecule has 0 saturated heterocycles. The van der Waals surface area contributed by atoms with Gasteiger partial charge in [-0.2, -0.15) is 0 Å². The zero-order valence-corrected chi connectivity index (χ0v) is 18.3. The van der Waals surface area contributed by atoms with Gasteiger partial charge in [-0.1, -0.05) is 54.1 Å². The van der Waals surface area contributed by atoms with Crippen LogP contribution in [0.2, 0.25) is 5.02 Å². The Hall–Kier alpha value is -3.16. The van der Waals surface area contributed by atoms with Crippen LogP contribution in [-0.4, -0.2) is 28.4 Å². The largest absolute Gasteiger partial charge is 0.469 e. The molecular formula is C23H20ClN3O3S. The number of hydrogen-bond acceptors (Lipinski definition) is 5. The molecule has 1 N–H and O–H groups in total. The Bertz CT molecular complexity index is 1200. The summed E-state index contributed by atoms with van der Waals surface area (Å²) < 4.78 is 6.72. The zero-order chi connectivity index (χ0) is 21.8. The number of carbonyl (C=O) groups is 2. The van der Waals surface area contributed by atoms with Gasteiger partial charge in [-0.3, -0.25) is 14.0 Å². The molecule has 4 rings (SSSR count). The second-order valence-electron chi connectivity index (χ2n) is 7.00. The Morgan fingerprint density at radius 1 is 1.16 bits per heavy atom. The van der Waals surface area contributed by atoms with Gasteiger partial charge in [0.05, 0.1) is 31.7 Å². The Balaban J connectivity index is 1.52. The van der Waals surface area contributed by atoms with E-state index in [1.807, 2.05) is 46.3 Å². The van der Waals surface area contributed by atoms with Crippen LogP contribution in [0, 0.1) is 0 Å². The number of carbonyl (C=O) groups excluding carboxylic acids is 2. The van der Waals surface area contributed by atoms with E-state index in [0.29, 0.717) is 5.02 Å². The third-order valence-corrected chi connectivity index (χ3v) is 6.04. The summed E-state index contributed by atoms with van der Waals surface area (Å²) in [5, 5.41) is 5.46. The topological polar surface area (TPSA) is 72.7 Å². The molecule has 0 spiro atoms. The normalized spacial score (nSPS) is 11.9. The minimum absolute atomic E-state index is 0.0339. The lowest BCUT2D eigenvalue weighted by Crippen LogP contribution is -2.31. The first-order valence-corrected chi connectivity index (χ1v) is 10.9. The molecule has 31 heavy (non-hydrogen) atoms. The Kier molecular flexibility index (Phi) is 6.34. The van der Waals surface area contributed by atoms with Crippen molar-refractivity contribution in [3.63, 3.8) is 0 Å². The summed E-state index contributed by atoms with van der Waals surface area (Å²) in [7, 11) is 1.33. The number of aromatic nitrogens is 2. The van der Waals surface area contributed by atoms with Crippen molar-refractivity contribution in [1.82, 2.24) is 14.7 Å². The molecule has 0 fully saturated rings. The van der Waals surface area contributed by atoms with Gasteiger partial charge < -0.3 is 10.1 Å². The highest BCUT2D eigenvalue weighted by Gasteiger charge is 2.20. The molecule has 1 atom stereocenters. The summed E-state index contributed by atoms with van der Waals surface area (Å²) in [4.78, 5) is 30.2. The molecule has 2 heterocycles. The minimum Gasteiger partial charge on any atom is -0.469 e. The van der Waals surface area contributed by atoms with Crippen LogP contribution < -0.4 is 5.32 Å². The standard InChI is InChI=1S/C23H20ClN3O3S/c1-30-22(29)12-19(16-7-9-17(24)10-8-16)25-21(28)11-18-14-31-23-26-20(13-27(18)23)15-5-3-2-4-6-15/h2-10,13-14,19H,11-12H2,1H3,(H,25,28). The number of ether oxygens (including phenoxy) is 1. The number of imidazole rings is 1. The number of esters is 1. The SMILES string of the molecule is COC(=O)CC(NC(=O)Cc1csc2nc(-c3ccccc3)cn12)c1ccc(Cl)cc1. The van der Waals surface area contributed by atoms with Crippen LogP contribution in [0.1, 0.15) is 23.7 Å². The van der Waals surface area contributed by atoms with E-state index in [1.165, 1.54) is 18.4 Å². The molecule has 0 saturated carbocycles. The van der Waals surface area contributed by atoms with Crippen LogP contribution in [0.4, 0.5) is 0 Å². The maximum Gasteiger partial charge on any atom is 0.307 e. The second kappa shape index (κ2) is 9.32. The fourth-order valence-electron chi connectivity index (χ4n) is 3.31. The van der Waals surface area contributed by atoms with Crippen molar-refractivity contribution in [3.8, 4) is 11.3 Å². The van der Waals surface area contributed by atoms with Crippen molar-refractivity contribution < 1.29 is 14.3 Å². The monoisotopic (exact) mass is 453 g/mol. The van der Waals surface area contributed by atoms with Gasteiger partial charge in [0.25, 0.3) is 0 Å². The highest BCUT2D eigenvalue weighted by molar-refractivity contribution is 7.15. The van der Waals surface area contributed by atoms with Crippen molar-refractivity contribution >= 4 is 39.8 Å². The predicted octanol–water partition coefficient (Wildman–Crippen LogP) is 4.68. The molecule has 1 amide bonds. The minimum atomic E-state index is -0.506. The summed E-state index contributed by atoms with van der Waals surface area (Å²) in [6.07, 6.45) is 2.14. The molecule has 0 aliphatic carbocycles. The zero-order valence-electron chi connectivity index (χ0n) is 16.7. The van der Waals surface area contributed by atoms with Crippen LogP contribution in [-0.2, 0) is 20.7 Å². The van der Waals surface area contributed by atoms with E-state index < -0.39 is 12.0 Å². The van der Waals surface area contributed by atoms with E-state index in [0.717, 1.165) is 27.5 Å². The number of nitrogens with one attached hydrogen (secondary N) is 1. The van der Waals surface area contributed by atoms with E-state index >= 15 is 0 Å². The van der Waals surface area contributed by atoms with Crippen LogP contribution in [0.15, 0.2) is 66.2 Å². The van der Waals surface area contributed by atoms with Crippen LogP contribution in [0.25, 0.3) is 16.2 Å². The first-order chi connectivity index (χ1) is 15.0. The first kappa shape index (κ1) is 21.1. The van der Waals surface area contributed by atoms with Gasteiger partial charge in [0.15, 0.2) is 4.96 Å². The maximum atomic E-state index is 12.8. The van der Waals surface area contributed by atoms with E-state index in [9.17, 15) is 9.59 Å². The van der Waals surface area contributed by atoms with Gasteiger partial charge in [0.2, 0.25) is 5.91 Å². The van der Waals surface area contributed by atoms with Crippen molar-refractivity contribution in [2.45, 2.75) is 18.9 Å². The van der Waals surface area contributed by atoms with Crippen molar-refractivity contribution in [3.05, 3.63) is 82.5 Å². The van der Waals surface area contributed by atoms with Gasteiger partial charge in [-0.15, -0.1) is 11.3 Å². The van der Waals surface area contributed by atoms with E-state index in [-0.39, 0.29) is 18.7 Å². The number of fused-ring (bicyclic) bond motifs is 1. The number of amides is 1. The number of nitrogens with zero attached hydrogens (tertiary/aromatic N) is 2. The average molecular weight is 454 g/mol. The molecular weight excluding hydrogens is 434 g/mol. The third-order valence-electron chi connectivity index (χ3n) is 4.90. The highest BCUT2D eigenvalue weighted by atomic mass is 35.5. The molecule has 0 aliphatic rings. The lowest BCUT2D eigenvalue weighted by molar-refractivity contribution is -0.141. The lowest BCUT2D eigenvalue weighted by Gasteiger charge is -2.18. The maximum absolute atomic E-state index is 12.8. The third kappa shape index (κ3) is 4.95. The Labute approximate surface area is 188 Å². The summed E-state index contributed by atoms with van der Waals surface area (Å²) >= 11 is 7.45. The number of thiazole rings is 1. The summed E-state index contributed by atoms with van der Waals surface area (Å²) in [6, 6.07) is 16.4. The number of methoxy groups -OCH3 is 1. The fraction of sp³-hybridized carbons (Fsp3) is 0.174. The molecule has 2 aromatic heterocycles. The number of hydrogen-bond donors (Lipinski definition) is 1. The molecule has 1 unspecified atom stereocenters. The molecule has 2 aromatic carbocycles. The van der Waals surface area contributed by atoms with Gasteiger partial charge in [0.1, 0.15) is 0 Å². The molecule has 0 aliphatic heterocycles. The molecule has 4 aromatic rings. The van der Waals surface area contributed by atoms with E-state index in [2.05, 4.69) is 10.3 Å². The Morgan fingerprint density at radius 3 is 2.61 bits per heavy atom. The molecule has 0 bridgehead atoms. The number of rotatable bonds is 7. The smallest absolute Gasteiger partial charge is 0.307 e.